The standard InChI is InChI=1S/C35H60O4/c1-3-5-7-9-10-11-12-13-14-15-16-17-18-24-28-32-35(38)39-33(29-25-21-8-6-4-2)30-26-22-19-20-23-27-31-34(36)37/h5,7,10-11,13-14,16-17,33H,3-4,6,8-9,12,15,18-32H2,1-2H3,(H,36,37)/b7-5-,11-10-,14-13-,17-16-. The molecule has 1 N–H and O–H groups in total. The molecule has 0 bridgehead atoms. The fourth-order valence-electron chi connectivity index (χ4n) is 4.47. The van der Waals surface area contributed by atoms with E-state index in [1.54, 1.807) is 0 Å². The molecule has 0 rings (SSSR count). The number of carbonyl (C=O) groups excluding carboxylic acids is 1. The summed E-state index contributed by atoms with van der Waals surface area (Å²) in [6, 6.07) is 0. The van der Waals surface area contributed by atoms with E-state index in [0.717, 1.165) is 103 Å². The highest BCUT2D eigenvalue weighted by atomic mass is 16.5. The Morgan fingerprint density at radius 2 is 1.08 bits per heavy atom. The van der Waals surface area contributed by atoms with Crippen LogP contribution in [-0.4, -0.2) is 23.1 Å². The van der Waals surface area contributed by atoms with Crippen molar-refractivity contribution < 1.29 is 19.4 Å². The number of esters is 1. The molecular formula is C35H60O4. The monoisotopic (exact) mass is 544 g/mol. The molecule has 0 aromatic heterocycles. The molecule has 0 aliphatic heterocycles. The second-order valence-corrected chi connectivity index (χ2v) is 10.6. The Bertz CT molecular complexity index is 674. The van der Waals surface area contributed by atoms with E-state index in [4.69, 9.17) is 9.84 Å². The first-order valence-electron chi connectivity index (χ1n) is 16.1. The van der Waals surface area contributed by atoms with Gasteiger partial charge in [0.2, 0.25) is 0 Å². The van der Waals surface area contributed by atoms with E-state index in [9.17, 15) is 9.59 Å². The number of allylic oxidation sites excluding steroid dienone is 8. The number of ether oxygens (including phenoxy) is 1. The summed E-state index contributed by atoms with van der Waals surface area (Å²) in [6.45, 7) is 4.38. The lowest BCUT2D eigenvalue weighted by atomic mass is 10.0. The molecule has 4 heteroatoms. The van der Waals surface area contributed by atoms with Gasteiger partial charge in [-0.15, -0.1) is 0 Å². The smallest absolute Gasteiger partial charge is 0.306 e. The van der Waals surface area contributed by atoms with Gasteiger partial charge in [0.15, 0.2) is 0 Å². The van der Waals surface area contributed by atoms with Crippen LogP contribution in [-0.2, 0) is 14.3 Å². The van der Waals surface area contributed by atoms with Crippen molar-refractivity contribution in [2.45, 2.75) is 161 Å². The molecule has 39 heavy (non-hydrogen) atoms. The number of carboxylic acids is 1. The van der Waals surface area contributed by atoms with Gasteiger partial charge in [0, 0.05) is 12.8 Å². The number of hydrogen-bond donors (Lipinski definition) is 1. The fraction of sp³-hybridized carbons (Fsp3) is 0.714. The SMILES string of the molecule is CC/C=C\C/C=C\C/C=C\C/C=C\CCCCC(=O)OC(CCCCCCC)CCCCCCCCC(=O)O. The fourth-order valence-corrected chi connectivity index (χ4v) is 4.47. The lowest BCUT2D eigenvalue weighted by Gasteiger charge is -2.18. The lowest BCUT2D eigenvalue weighted by Crippen LogP contribution is -2.18. The second-order valence-electron chi connectivity index (χ2n) is 10.6. The first-order chi connectivity index (χ1) is 19.1. The van der Waals surface area contributed by atoms with E-state index in [2.05, 4.69) is 62.5 Å². The maximum Gasteiger partial charge on any atom is 0.306 e. The number of unbranched alkanes of at least 4 members (excludes halogenated alkanes) is 11. The summed E-state index contributed by atoms with van der Waals surface area (Å²) in [5, 5.41) is 8.72. The van der Waals surface area contributed by atoms with Gasteiger partial charge >= 0.3 is 11.9 Å². The summed E-state index contributed by atoms with van der Waals surface area (Å²) in [7, 11) is 0. The molecule has 0 fully saturated rings. The molecule has 0 spiro atoms. The molecule has 0 saturated carbocycles. The number of hydrogen-bond acceptors (Lipinski definition) is 3. The zero-order chi connectivity index (χ0) is 28.7. The lowest BCUT2D eigenvalue weighted by molar-refractivity contribution is -0.150. The van der Waals surface area contributed by atoms with E-state index in [0.29, 0.717) is 6.42 Å². The van der Waals surface area contributed by atoms with Crippen LogP contribution in [0.15, 0.2) is 48.6 Å². The summed E-state index contributed by atoms with van der Waals surface area (Å²) in [5.74, 6) is -0.735. The molecule has 0 heterocycles. The van der Waals surface area contributed by atoms with Crippen molar-refractivity contribution in [2.24, 2.45) is 0 Å². The van der Waals surface area contributed by atoms with Crippen LogP contribution in [0.1, 0.15) is 155 Å². The third-order valence-corrected chi connectivity index (χ3v) is 6.82. The van der Waals surface area contributed by atoms with Gasteiger partial charge in [-0.05, 0) is 77.0 Å². The molecule has 0 aromatic rings. The first-order valence-corrected chi connectivity index (χ1v) is 16.1. The summed E-state index contributed by atoms with van der Waals surface area (Å²) in [5.41, 5.74) is 0. The van der Waals surface area contributed by atoms with Gasteiger partial charge in [-0.2, -0.15) is 0 Å². The van der Waals surface area contributed by atoms with Gasteiger partial charge in [-0.1, -0.05) is 114 Å². The second kappa shape index (κ2) is 30.4. The van der Waals surface area contributed by atoms with Gasteiger partial charge in [0.25, 0.3) is 0 Å². The highest BCUT2D eigenvalue weighted by molar-refractivity contribution is 5.69. The Morgan fingerprint density at radius 3 is 1.64 bits per heavy atom. The molecule has 1 unspecified atom stereocenters. The Balaban J connectivity index is 4.04. The highest BCUT2D eigenvalue weighted by Crippen LogP contribution is 2.18. The van der Waals surface area contributed by atoms with Crippen LogP contribution in [0.25, 0.3) is 0 Å². The number of carboxylic acid groups (broad SMARTS) is 1. The zero-order valence-corrected chi connectivity index (χ0v) is 25.4. The molecule has 1 atom stereocenters. The van der Waals surface area contributed by atoms with E-state index in [-0.39, 0.29) is 18.5 Å². The van der Waals surface area contributed by atoms with Crippen molar-refractivity contribution >= 4 is 11.9 Å². The van der Waals surface area contributed by atoms with Gasteiger partial charge in [-0.3, -0.25) is 9.59 Å². The van der Waals surface area contributed by atoms with Crippen LogP contribution >= 0.6 is 0 Å². The Kier molecular flexibility index (Phi) is 28.8. The molecule has 0 saturated heterocycles. The molecule has 0 amide bonds. The van der Waals surface area contributed by atoms with Gasteiger partial charge in [0.05, 0.1) is 0 Å². The van der Waals surface area contributed by atoms with Crippen molar-refractivity contribution in [1.82, 2.24) is 0 Å². The topological polar surface area (TPSA) is 63.6 Å². The molecular weight excluding hydrogens is 484 g/mol. The van der Waals surface area contributed by atoms with E-state index >= 15 is 0 Å². The van der Waals surface area contributed by atoms with Crippen LogP contribution in [0.4, 0.5) is 0 Å². The Morgan fingerprint density at radius 1 is 0.590 bits per heavy atom. The maximum absolute atomic E-state index is 12.5. The third kappa shape index (κ3) is 30.3. The van der Waals surface area contributed by atoms with Gasteiger partial charge in [0.1, 0.15) is 6.10 Å². The van der Waals surface area contributed by atoms with E-state index < -0.39 is 5.97 Å². The normalized spacial score (nSPS) is 12.9. The van der Waals surface area contributed by atoms with E-state index in [1.807, 2.05) is 0 Å². The quantitative estimate of drug-likeness (QED) is 0.0604. The van der Waals surface area contributed by atoms with Crippen molar-refractivity contribution in [3.05, 3.63) is 48.6 Å². The predicted molar refractivity (Wildman–Crippen MR) is 167 cm³/mol. The van der Waals surface area contributed by atoms with Gasteiger partial charge < -0.3 is 9.84 Å². The number of aliphatic carboxylic acids is 1. The summed E-state index contributed by atoms with van der Waals surface area (Å²) in [4.78, 5) is 23.1. The molecule has 224 valence electrons. The largest absolute Gasteiger partial charge is 0.481 e. The average molecular weight is 545 g/mol. The predicted octanol–water partition coefficient (Wildman–Crippen LogP) is 10.8. The molecule has 0 radical (unpaired) electrons. The van der Waals surface area contributed by atoms with Crippen molar-refractivity contribution in [3.63, 3.8) is 0 Å². The van der Waals surface area contributed by atoms with Crippen molar-refractivity contribution in [2.75, 3.05) is 0 Å². The molecule has 4 nitrogen and oxygen atoms in total. The minimum atomic E-state index is -0.701. The molecule has 0 aromatic carbocycles. The van der Waals surface area contributed by atoms with E-state index in [1.165, 1.54) is 25.7 Å². The van der Waals surface area contributed by atoms with Crippen molar-refractivity contribution in [1.29, 1.82) is 0 Å². The summed E-state index contributed by atoms with van der Waals surface area (Å²) in [6.07, 6.45) is 39.8. The van der Waals surface area contributed by atoms with Crippen LogP contribution in [0.5, 0.6) is 0 Å². The minimum absolute atomic E-state index is 0.0348. The van der Waals surface area contributed by atoms with Crippen molar-refractivity contribution in [3.8, 4) is 0 Å². The maximum atomic E-state index is 12.5. The summed E-state index contributed by atoms with van der Waals surface area (Å²) >= 11 is 0. The Hall–Kier alpha value is -2.10. The zero-order valence-electron chi connectivity index (χ0n) is 25.4. The Labute approximate surface area is 241 Å². The number of carbonyl (C=O) groups is 2. The third-order valence-electron chi connectivity index (χ3n) is 6.82. The van der Waals surface area contributed by atoms with Crippen LogP contribution in [0.2, 0.25) is 0 Å². The average Bonchev–Trinajstić information content (AvgIpc) is 2.91. The summed E-state index contributed by atoms with van der Waals surface area (Å²) < 4.78 is 5.91. The van der Waals surface area contributed by atoms with Crippen LogP contribution in [0, 0.1) is 0 Å². The highest BCUT2D eigenvalue weighted by Gasteiger charge is 2.14. The minimum Gasteiger partial charge on any atom is -0.481 e. The molecule has 0 aliphatic rings. The molecule has 0 aliphatic carbocycles. The number of rotatable bonds is 28. The van der Waals surface area contributed by atoms with Crippen LogP contribution in [0.3, 0.4) is 0 Å². The van der Waals surface area contributed by atoms with Gasteiger partial charge in [-0.25, -0.2) is 0 Å². The first kappa shape index (κ1) is 36.9. The van der Waals surface area contributed by atoms with Crippen LogP contribution < -0.4 is 0 Å².